The first kappa shape index (κ1) is 13.6. The Morgan fingerprint density at radius 3 is 2.89 bits per heavy atom. The Morgan fingerprint density at radius 2 is 2.22 bits per heavy atom. The second kappa shape index (κ2) is 5.45. The average Bonchev–Trinajstić information content (AvgIpc) is 2.27. The monoisotopic (exact) mass is 263 g/mol. The van der Waals surface area contributed by atoms with E-state index in [0.29, 0.717) is 6.54 Å². The summed E-state index contributed by atoms with van der Waals surface area (Å²) in [6.45, 7) is 9.09. The summed E-state index contributed by atoms with van der Waals surface area (Å²) >= 11 is 2.00. The Kier molecular flexibility index (Phi) is 4.13. The molecule has 0 aromatic heterocycles. The fraction of sp³-hybridized carbons (Fsp3) is 0.533. The summed E-state index contributed by atoms with van der Waals surface area (Å²) in [5.74, 6) is 1.36. The minimum Gasteiger partial charge on any atom is -0.294 e. The molecule has 0 unspecified atom stereocenters. The number of benzene rings is 1. The first-order valence-corrected chi connectivity index (χ1v) is 7.41. The van der Waals surface area contributed by atoms with E-state index in [1.165, 1.54) is 0 Å². The third-order valence-electron chi connectivity index (χ3n) is 3.21. The lowest BCUT2D eigenvalue weighted by Gasteiger charge is -2.37. The molecule has 3 heteroatoms. The number of thioether (sulfide) groups is 1. The molecule has 1 fully saturated rings. The topological polar surface area (TPSA) is 20.3 Å². The van der Waals surface area contributed by atoms with Crippen LogP contribution in [0.25, 0.3) is 0 Å². The first-order chi connectivity index (χ1) is 8.46. The Balaban J connectivity index is 1.99. The number of aryl methyl sites for hydroxylation is 1. The van der Waals surface area contributed by atoms with Crippen molar-refractivity contribution >= 4 is 17.5 Å². The van der Waals surface area contributed by atoms with Crippen LogP contribution in [0, 0.1) is 6.92 Å². The molecule has 1 aromatic carbocycles. The summed E-state index contributed by atoms with van der Waals surface area (Å²) in [5, 5.41) is 0. The molecule has 1 aromatic rings. The Morgan fingerprint density at radius 1 is 1.44 bits per heavy atom. The number of hydrogen-bond acceptors (Lipinski definition) is 3. The highest BCUT2D eigenvalue weighted by Gasteiger charge is 2.28. The maximum atomic E-state index is 12.2. The molecule has 2 rings (SSSR count). The van der Waals surface area contributed by atoms with Crippen molar-refractivity contribution in [1.82, 2.24) is 4.90 Å². The number of hydrogen-bond donors (Lipinski definition) is 0. The van der Waals surface area contributed by atoms with Crippen molar-refractivity contribution < 1.29 is 4.79 Å². The van der Waals surface area contributed by atoms with Crippen LogP contribution in [-0.2, 0) is 0 Å². The van der Waals surface area contributed by atoms with Crippen LogP contribution < -0.4 is 0 Å². The van der Waals surface area contributed by atoms with Gasteiger partial charge >= 0.3 is 0 Å². The second-order valence-corrected chi connectivity index (χ2v) is 7.41. The lowest BCUT2D eigenvalue weighted by atomic mass is 10.1. The quantitative estimate of drug-likeness (QED) is 0.782. The Bertz CT molecular complexity index is 442. The number of nitrogens with zero attached hydrogens (tertiary/aromatic N) is 1. The van der Waals surface area contributed by atoms with Crippen molar-refractivity contribution in [2.24, 2.45) is 0 Å². The minimum atomic E-state index is 0.237. The van der Waals surface area contributed by atoms with Gasteiger partial charge in [0, 0.05) is 29.2 Å². The molecule has 98 valence electrons. The zero-order valence-corrected chi connectivity index (χ0v) is 12.2. The van der Waals surface area contributed by atoms with Gasteiger partial charge in [-0.1, -0.05) is 23.8 Å². The van der Waals surface area contributed by atoms with Gasteiger partial charge < -0.3 is 0 Å². The lowest BCUT2D eigenvalue weighted by molar-refractivity contribution is 0.0927. The van der Waals surface area contributed by atoms with Gasteiger partial charge in [0.1, 0.15) is 0 Å². The van der Waals surface area contributed by atoms with E-state index >= 15 is 0 Å². The third kappa shape index (κ3) is 3.59. The maximum Gasteiger partial charge on any atom is 0.176 e. The molecule has 2 nitrogen and oxygen atoms in total. The van der Waals surface area contributed by atoms with Gasteiger partial charge in [-0.25, -0.2) is 0 Å². The predicted octanol–water partition coefficient (Wildman–Crippen LogP) is 3.01. The predicted molar refractivity (Wildman–Crippen MR) is 78.5 cm³/mol. The van der Waals surface area contributed by atoms with E-state index in [9.17, 15) is 4.79 Å². The zero-order chi connectivity index (χ0) is 13.2. The SMILES string of the molecule is Cc1cccc(C(=O)CN2CCSC(C)(C)C2)c1. The molecule has 0 radical (unpaired) electrons. The summed E-state index contributed by atoms with van der Waals surface area (Å²) in [6.07, 6.45) is 0. The molecule has 18 heavy (non-hydrogen) atoms. The number of carbonyl (C=O) groups excluding carboxylic acids is 1. The van der Waals surface area contributed by atoms with Crippen molar-refractivity contribution in [2.45, 2.75) is 25.5 Å². The van der Waals surface area contributed by atoms with E-state index in [0.717, 1.165) is 30.0 Å². The van der Waals surface area contributed by atoms with Crippen molar-refractivity contribution in [3.63, 3.8) is 0 Å². The Hall–Kier alpha value is -0.800. The zero-order valence-electron chi connectivity index (χ0n) is 11.4. The highest BCUT2D eigenvalue weighted by molar-refractivity contribution is 8.00. The van der Waals surface area contributed by atoms with E-state index in [1.807, 2.05) is 43.0 Å². The molecule has 0 amide bonds. The van der Waals surface area contributed by atoms with Gasteiger partial charge in [0.2, 0.25) is 0 Å². The highest BCUT2D eigenvalue weighted by Crippen LogP contribution is 2.29. The average molecular weight is 263 g/mol. The fourth-order valence-corrected chi connectivity index (χ4v) is 3.54. The molecule has 0 bridgehead atoms. The van der Waals surface area contributed by atoms with Crippen molar-refractivity contribution in [3.8, 4) is 0 Å². The van der Waals surface area contributed by atoms with E-state index in [4.69, 9.17) is 0 Å². The number of carbonyl (C=O) groups is 1. The molecular weight excluding hydrogens is 242 g/mol. The van der Waals surface area contributed by atoms with Crippen molar-refractivity contribution in [1.29, 1.82) is 0 Å². The molecule has 0 spiro atoms. The number of rotatable bonds is 3. The van der Waals surface area contributed by atoms with Crippen LogP contribution >= 0.6 is 11.8 Å². The summed E-state index contributed by atoms with van der Waals surface area (Å²) in [6, 6.07) is 7.88. The van der Waals surface area contributed by atoms with Gasteiger partial charge in [0.15, 0.2) is 5.78 Å². The van der Waals surface area contributed by atoms with Crippen LogP contribution in [0.3, 0.4) is 0 Å². The van der Waals surface area contributed by atoms with Gasteiger partial charge in [-0.05, 0) is 26.8 Å². The molecular formula is C15H21NOS. The van der Waals surface area contributed by atoms with E-state index in [-0.39, 0.29) is 10.5 Å². The smallest absolute Gasteiger partial charge is 0.176 e. The normalized spacial score (nSPS) is 19.7. The largest absolute Gasteiger partial charge is 0.294 e. The second-order valence-electron chi connectivity index (χ2n) is 5.61. The van der Waals surface area contributed by atoms with Gasteiger partial charge in [0.05, 0.1) is 6.54 Å². The third-order valence-corrected chi connectivity index (χ3v) is 4.51. The van der Waals surface area contributed by atoms with Crippen LogP contribution in [0.2, 0.25) is 0 Å². The van der Waals surface area contributed by atoms with Crippen LogP contribution in [0.4, 0.5) is 0 Å². The van der Waals surface area contributed by atoms with E-state index in [2.05, 4.69) is 18.7 Å². The molecule has 1 aliphatic rings. The summed E-state index contributed by atoms with van der Waals surface area (Å²) in [7, 11) is 0. The molecule has 1 heterocycles. The Labute approximate surface area is 114 Å². The van der Waals surface area contributed by atoms with Crippen molar-refractivity contribution in [2.75, 3.05) is 25.4 Å². The molecule has 0 atom stereocenters. The summed E-state index contributed by atoms with van der Waals surface area (Å²) in [4.78, 5) is 14.5. The molecule has 1 saturated heterocycles. The van der Waals surface area contributed by atoms with Crippen LogP contribution in [0.5, 0.6) is 0 Å². The molecule has 0 saturated carbocycles. The van der Waals surface area contributed by atoms with Crippen LogP contribution in [-0.4, -0.2) is 40.8 Å². The van der Waals surface area contributed by atoms with Crippen molar-refractivity contribution in [3.05, 3.63) is 35.4 Å². The number of ketones is 1. The first-order valence-electron chi connectivity index (χ1n) is 6.42. The van der Waals surface area contributed by atoms with Gasteiger partial charge in [-0.3, -0.25) is 9.69 Å². The minimum absolute atomic E-state index is 0.237. The molecule has 0 aliphatic carbocycles. The van der Waals surface area contributed by atoms with Gasteiger partial charge in [-0.2, -0.15) is 11.8 Å². The lowest BCUT2D eigenvalue weighted by Crippen LogP contribution is -2.45. The van der Waals surface area contributed by atoms with Crippen LogP contribution in [0.1, 0.15) is 29.8 Å². The fourth-order valence-electron chi connectivity index (χ4n) is 2.36. The van der Waals surface area contributed by atoms with Crippen LogP contribution in [0.15, 0.2) is 24.3 Å². The summed E-state index contributed by atoms with van der Waals surface area (Å²) < 4.78 is 0.269. The molecule has 1 aliphatic heterocycles. The van der Waals surface area contributed by atoms with Gasteiger partial charge in [-0.15, -0.1) is 0 Å². The molecule has 0 N–H and O–H groups in total. The van der Waals surface area contributed by atoms with E-state index < -0.39 is 0 Å². The highest BCUT2D eigenvalue weighted by atomic mass is 32.2. The van der Waals surface area contributed by atoms with E-state index in [1.54, 1.807) is 0 Å². The standard InChI is InChI=1S/C15H21NOS/c1-12-5-4-6-13(9-12)14(17)10-16-7-8-18-15(2,3)11-16/h4-6,9H,7-8,10-11H2,1-3H3. The van der Waals surface area contributed by atoms with Gasteiger partial charge in [0.25, 0.3) is 0 Å². The maximum absolute atomic E-state index is 12.2. The number of Topliss-reactive ketones (excluding diaryl/α,β-unsaturated/α-hetero) is 1. The summed E-state index contributed by atoms with van der Waals surface area (Å²) in [5.41, 5.74) is 1.99.